The Hall–Kier alpha value is -0.923. The second-order valence-corrected chi connectivity index (χ2v) is 11.9. The highest BCUT2D eigenvalue weighted by Crippen LogP contribution is 2.37. The zero-order valence-electron chi connectivity index (χ0n) is 13.7. The lowest BCUT2D eigenvalue weighted by Crippen LogP contribution is -2.44. The van der Waals surface area contributed by atoms with E-state index in [1.54, 1.807) is 0 Å². The molecule has 0 unspecified atom stereocenters. The smallest absolute Gasteiger partial charge is 0.222 e. The van der Waals surface area contributed by atoms with Crippen LogP contribution in [0.3, 0.4) is 0 Å². The molecule has 2 amide bonds. The van der Waals surface area contributed by atoms with Crippen LogP contribution in [0.4, 0.5) is 0 Å². The highest BCUT2D eigenvalue weighted by Gasteiger charge is 2.40. The lowest BCUT2D eigenvalue weighted by molar-refractivity contribution is -0.120. The molecule has 2 heterocycles. The Morgan fingerprint density at radius 3 is 1.90 bits per heavy atom. The number of carbonyl (C=O) groups excluding carboxylic acids is 2. The summed E-state index contributed by atoms with van der Waals surface area (Å²) in [5, 5.41) is 14.1. The lowest BCUT2D eigenvalue weighted by Gasteiger charge is -2.38. The summed E-state index contributed by atoms with van der Waals surface area (Å²) in [6.45, 7) is 12.2. The quantitative estimate of drug-likeness (QED) is 0.657. The van der Waals surface area contributed by atoms with E-state index in [4.69, 9.17) is 9.53 Å². The van der Waals surface area contributed by atoms with Gasteiger partial charge in [0.25, 0.3) is 0 Å². The highest BCUT2D eigenvalue weighted by atomic mass is 28.4. The first kappa shape index (κ1) is 18.1. The van der Waals surface area contributed by atoms with Crippen molar-refractivity contribution in [3.8, 4) is 0 Å². The summed E-state index contributed by atoms with van der Waals surface area (Å²) in [4.78, 5) is 21.2. The summed E-state index contributed by atoms with van der Waals surface area (Å²) in [5.41, 5.74) is 0. The van der Waals surface area contributed by atoms with E-state index in [-0.39, 0.29) is 29.4 Å². The standard InChI is InChI=1S/C10H21NO2Si.C4H7NO2/c1-10(2,3)14(4,5)13-8-6-9(12)11-7-8;6-3-1-4(7)5-2-3/h8H,6-7H2,1-5H3,(H,11,12);3,6H,1-2H2,(H,5,7)/t8-;3-/m00/s1. The van der Waals surface area contributed by atoms with Crippen LogP contribution >= 0.6 is 0 Å². The van der Waals surface area contributed by atoms with E-state index in [0.717, 1.165) is 0 Å². The SMILES string of the molecule is CC(C)(C)[Si](C)(C)O[C@@H]1CNC(=O)C1.O=C1C[C@H](O)CN1. The van der Waals surface area contributed by atoms with Gasteiger partial charge in [-0.05, 0) is 18.1 Å². The Bertz CT molecular complexity index is 393. The molecular formula is C14H28N2O4Si. The number of aliphatic hydroxyl groups is 1. The third kappa shape index (κ3) is 5.76. The normalized spacial score (nSPS) is 26.0. The summed E-state index contributed by atoms with van der Waals surface area (Å²) in [6, 6.07) is 0. The van der Waals surface area contributed by atoms with Gasteiger partial charge in [0, 0.05) is 13.1 Å². The van der Waals surface area contributed by atoms with E-state index in [1.165, 1.54) is 0 Å². The number of hydrogen-bond donors (Lipinski definition) is 3. The molecule has 0 radical (unpaired) electrons. The summed E-state index contributed by atoms with van der Waals surface area (Å²) >= 11 is 0. The highest BCUT2D eigenvalue weighted by molar-refractivity contribution is 6.74. The first-order chi connectivity index (χ1) is 9.51. The fraction of sp³-hybridized carbons (Fsp3) is 0.857. The summed E-state index contributed by atoms with van der Waals surface area (Å²) < 4.78 is 6.09. The average Bonchev–Trinajstić information content (AvgIpc) is 2.86. The van der Waals surface area contributed by atoms with Gasteiger partial charge in [0.2, 0.25) is 11.8 Å². The van der Waals surface area contributed by atoms with Gasteiger partial charge in [0.05, 0.1) is 25.0 Å². The van der Waals surface area contributed by atoms with Crippen LogP contribution in [0.2, 0.25) is 18.1 Å². The molecule has 7 heteroatoms. The zero-order valence-corrected chi connectivity index (χ0v) is 14.7. The molecule has 0 aromatic carbocycles. The Morgan fingerprint density at radius 1 is 1.10 bits per heavy atom. The minimum Gasteiger partial charge on any atom is -0.412 e. The van der Waals surface area contributed by atoms with Crippen LogP contribution in [0.15, 0.2) is 0 Å². The number of aliphatic hydroxyl groups excluding tert-OH is 1. The molecule has 122 valence electrons. The molecule has 2 aliphatic heterocycles. The third-order valence-electron chi connectivity index (χ3n) is 4.16. The molecule has 0 aliphatic carbocycles. The Morgan fingerprint density at radius 2 is 1.62 bits per heavy atom. The number of carbonyl (C=O) groups is 2. The van der Waals surface area contributed by atoms with Gasteiger partial charge < -0.3 is 20.2 Å². The van der Waals surface area contributed by atoms with E-state index in [9.17, 15) is 9.59 Å². The first-order valence-corrected chi connectivity index (χ1v) is 10.3. The van der Waals surface area contributed by atoms with Gasteiger partial charge in [0.15, 0.2) is 8.32 Å². The van der Waals surface area contributed by atoms with Crippen molar-refractivity contribution in [1.29, 1.82) is 0 Å². The van der Waals surface area contributed by atoms with Crippen molar-refractivity contribution in [2.75, 3.05) is 13.1 Å². The van der Waals surface area contributed by atoms with E-state index < -0.39 is 14.4 Å². The van der Waals surface area contributed by atoms with E-state index in [0.29, 0.717) is 19.5 Å². The second-order valence-electron chi connectivity index (χ2n) is 7.17. The maximum absolute atomic E-state index is 11.0. The van der Waals surface area contributed by atoms with Crippen LogP contribution in [-0.2, 0) is 14.0 Å². The van der Waals surface area contributed by atoms with Gasteiger partial charge in [-0.3, -0.25) is 9.59 Å². The molecule has 2 aliphatic rings. The summed E-state index contributed by atoms with van der Waals surface area (Å²) in [6.07, 6.45) is 0.475. The predicted molar refractivity (Wildman–Crippen MR) is 83.3 cm³/mol. The van der Waals surface area contributed by atoms with Gasteiger partial charge >= 0.3 is 0 Å². The van der Waals surface area contributed by atoms with Crippen molar-refractivity contribution in [1.82, 2.24) is 10.6 Å². The van der Waals surface area contributed by atoms with Crippen LogP contribution in [0.5, 0.6) is 0 Å². The summed E-state index contributed by atoms with van der Waals surface area (Å²) in [7, 11) is -1.69. The van der Waals surface area contributed by atoms with Crippen molar-refractivity contribution in [2.45, 2.75) is 64.0 Å². The van der Waals surface area contributed by atoms with E-state index in [2.05, 4.69) is 44.5 Å². The maximum Gasteiger partial charge on any atom is 0.222 e. The van der Waals surface area contributed by atoms with Crippen molar-refractivity contribution < 1.29 is 19.1 Å². The minimum absolute atomic E-state index is 0.0486. The fourth-order valence-corrected chi connectivity index (χ4v) is 3.20. The van der Waals surface area contributed by atoms with E-state index in [1.807, 2.05) is 0 Å². The topological polar surface area (TPSA) is 87.7 Å². The average molecular weight is 316 g/mol. The van der Waals surface area contributed by atoms with Crippen molar-refractivity contribution >= 4 is 20.1 Å². The molecule has 2 fully saturated rings. The van der Waals surface area contributed by atoms with Gasteiger partial charge in [0.1, 0.15) is 0 Å². The molecule has 0 bridgehead atoms. The van der Waals surface area contributed by atoms with Crippen LogP contribution in [-0.4, -0.2) is 50.5 Å². The van der Waals surface area contributed by atoms with Crippen LogP contribution < -0.4 is 10.6 Å². The Labute approximate surface area is 127 Å². The minimum atomic E-state index is -1.69. The van der Waals surface area contributed by atoms with Crippen molar-refractivity contribution in [2.24, 2.45) is 0 Å². The first-order valence-electron chi connectivity index (χ1n) is 7.40. The Kier molecular flexibility index (Phi) is 5.95. The molecule has 0 aromatic heterocycles. The van der Waals surface area contributed by atoms with Crippen molar-refractivity contribution in [3.63, 3.8) is 0 Å². The third-order valence-corrected chi connectivity index (χ3v) is 8.70. The zero-order chi connectivity index (χ0) is 16.3. The number of hydrogen-bond acceptors (Lipinski definition) is 4. The number of nitrogens with one attached hydrogen (secondary N) is 2. The molecule has 0 aromatic rings. The largest absolute Gasteiger partial charge is 0.412 e. The molecular weight excluding hydrogens is 288 g/mol. The number of rotatable bonds is 2. The van der Waals surface area contributed by atoms with Crippen LogP contribution in [0.1, 0.15) is 33.6 Å². The summed E-state index contributed by atoms with van der Waals surface area (Å²) in [5.74, 6) is 0.0706. The second kappa shape index (κ2) is 6.89. The fourth-order valence-electron chi connectivity index (χ4n) is 1.85. The van der Waals surface area contributed by atoms with Gasteiger partial charge in [-0.2, -0.15) is 0 Å². The lowest BCUT2D eigenvalue weighted by atomic mass is 10.2. The van der Waals surface area contributed by atoms with Gasteiger partial charge in [-0.15, -0.1) is 0 Å². The van der Waals surface area contributed by atoms with E-state index >= 15 is 0 Å². The molecule has 0 spiro atoms. The number of β-amino-alcohol motifs (C(OH)–C–C–N with tert-alkyl or cyclic N) is 1. The monoisotopic (exact) mass is 316 g/mol. The molecule has 3 N–H and O–H groups in total. The predicted octanol–water partition coefficient (Wildman–Crippen LogP) is 0.764. The molecule has 2 atom stereocenters. The van der Waals surface area contributed by atoms with Gasteiger partial charge in [-0.25, -0.2) is 0 Å². The molecule has 6 nitrogen and oxygen atoms in total. The molecule has 0 saturated carbocycles. The Balaban J connectivity index is 0.000000262. The molecule has 2 rings (SSSR count). The van der Waals surface area contributed by atoms with Crippen LogP contribution in [0, 0.1) is 0 Å². The van der Waals surface area contributed by atoms with Crippen molar-refractivity contribution in [3.05, 3.63) is 0 Å². The maximum atomic E-state index is 11.0. The molecule has 2 saturated heterocycles. The van der Waals surface area contributed by atoms with Crippen LogP contribution in [0.25, 0.3) is 0 Å². The van der Waals surface area contributed by atoms with Gasteiger partial charge in [-0.1, -0.05) is 20.8 Å². The molecule has 21 heavy (non-hydrogen) atoms. The number of amides is 2.